The molecule has 1 rings (SSSR count). The smallest absolute Gasteiger partial charge is 0.370 e. The van der Waals surface area contributed by atoms with Crippen LogP contribution in [0.25, 0.3) is 0 Å². The molecule has 1 aromatic rings. The highest BCUT2D eigenvalue weighted by Gasteiger charge is 2.55. The van der Waals surface area contributed by atoms with Gasteiger partial charge in [0.25, 0.3) is 0 Å². The Balaban J connectivity index is 3.44. The fourth-order valence-corrected chi connectivity index (χ4v) is 3.37. The van der Waals surface area contributed by atoms with E-state index in [1.54, 1.807) is 0 Å². The number of nitrogens with zero attached hydrogens (tertiary/aromatic N) is 3. The highest BCUT2D eigenvalue weighted by molar-refractivity contribution is 6.75. The average Bonchev–Trinajstić information content (AvgIpc) is 2.67. The minimum absolute atomic E-state index is 0.240. The van der Waals surface area contributed by atoms with Gasteiger partial charge < -0.3 is 13.6 Å². The van der Waals surface area contributed by atoms with Crippen molar-refractivity contribution in [1.82, 2.24) is 0 Å². The molecule has 0 amide bonds. The van der Waals surface area contributed by atoms with E-state index < -0.39 is 8.80 Å². The Hall–Kier alpha value is -2.15. The summed E-state index contributed by atoms with van der Waals surface area (Å²) in [5.41, 5.74) is 2.53. The van der Waals surface area contributed by atoms with Crippen molar-refractivity contribution in [3.63, 3.8) is 0 Å². The van der Waals surface area contributed by atoms with Gasteiger partial charge in [0.15, 0.2) is 0 Å². The first-order valence-electron chi connectivity index (χ1n) is 9.82. The maximum absolute atomic E-state index is 5.97. The van der Waals surface area contributed by atoms with Crippen LogP contribution in [0.1, 0.15) is 62.3 Å². The number of hydrogen-bond donors (Lipinski definition) is 0. The van der Waals surface area contributed by atoms with Crippen molar-refractivity contribution in [2.24, 2.45) is 33.2 Å². The largest absolute Gasteiger partial charge is 0.800 e. The Morgan fingerprint density at radius 2 is 0.964 bits per heavy atom. The van der Waals surface area contributed by atoms with Crippen LogP contribution in [-0.2, 0) is 13.6 Å². The van der Waals surface area contributed by atoms with E-state index in [1.165, 1.54) is 0 Å². The van der Waals surface area contributed by atoms with Gasteiger partial charge in [0, 0.05) is 0 Å². The van der Waals surface area contributed by atoms with Gasteiger partial charge in [-0.2, -0.15) is 0 Å². The predicted molar refractivity (Wildman–Crippen MR) is 119 cm³/mol. The first-order chi connectivity index (χ1) is 13.1. The van der Waals surface area contributed by atoms with Crippen LogP contribution in [0.15, 0.2) is 45.8 Å². The Kier molecular flexibility index (Phi) is 9.38. The SMILES string of the molecule is CC(=NO[Si](ON=C(C)C(C)C)(ON=C(C)C(C)C)c1ccccc1)C(C)C. The lowest BCUT2D eigenvalue weighted by Gasteiger charge is -2.23. The molecule has 1 aromatic carbocycles. The van der Waals surface area contributed by atoms with Gasteiger partial charge in [-0.05, 0) is 38.5 Å². The summed E-state index contributed by atoms with van der Waals surface area (Å²) in [5.74, 6) is 0.720. The van der Waals surface area contributed by atoms with Crippen molar-refractivity contribution < 1.29 is 13.6 Å². The van der Waals surface area contributed by atoms with E-state index in [4.69, 9.17) is 13.6 Å². The zero-order chi connectivity index (χ0) is 21.3. The second-order valence-electron chi connectivity index (χ2n) is 7.86. The molecule has 0 saturated carbocycles. The molecule has 28 heavy (non-hydrogen) atoms. The monoisotopic (exact) mass is 405 g/mol. The van der Waals surface area contributed by atoms with Crippen LogP contribution in [-0.4, -0.2) is 25.9 Å². The van der Waals surface area contributed by atoms with E-state index in [-0.39, 0.29) is 17.8 Å². The Morgan fingerprint density at radius 1 is 0.643 bits per heavy atom. The number of rotatable bonds is 10. The van der Waals surface area contributed by atoms with Crippen LogP contribution in [0, 0.1) is 17.8 Å². The van der Waals surface area contributed by atoms with Crippen LogP contribution in [0.2, 0.25) is 0 Å². The minimum atomic E-state index is -3.56. The van der Waals surface area contributed by atoms with Crippen molar-refractivity contribution in [2.45, 2.75) is 62.3 Å². The summed E-state index contributed by atoms with van der Waals surface area (Å²) in [6.45, 7) is 18.1. The van der Waals surface area contributed by atoms with Crippen LogP contribution in [0.3, 0.4) is 0 Å². The first kappa shape index (κ1) is 23.9. The Labute approximate surface area is 171 Å². The van der Waals surface area contributed by atoms with Crippen molar-refractivity contribution in [3.05, 3.63) is 30.3 Å². The molecule has 0 unspecified atom stereocenters. The fraction of sp³-hybridized carbons (Fsp3) is 0.571. The van der Waals surface area contributed by atoms with E-state index in [2.05, 4.69) is 57.0 Å². The second-order valence-corrected chi connectivity index (χ2v) is 10.1. The molecule has 0 spiro atoms. The summed E-state index contributed by atoms with van der Waals surface area (Å²) in [6, 6.07) is 9.53. The second kappa shape index (κ2) is 11.0. The third-order valence-electron chi connectivity index (χ3n) is 4.56. The molecule has 0 fully saturated rings. The van der Waals surface area contributed by atoms with Gasteiger partial charge in [-0.1, -0.05) is 71.9 Å². The van der Waals surface area contributed by atoms with Gasteiger partial charge in [0.2, 0.25) is 0 Å². The molecule has 0 N–H and O–H groups in total. The average molecular weight is 406 g/mol. The molecule has 0 aliphatic rings. The molecule has 7 heteroatoms. The maximum atomic E-state index is 5.97. The van der Waals surface area contributed by atoms with Crippen LogP contribution in [0.5, 0.6) is 0 Å². The molecular formula is C21H35N3O3Si. The zero-order valence-corrected chi connectivity index (χ0v) is 19.7. The van der Waals surface area contributed by atoms with E-state index in [1.807, 2.05) is 51.1 Å². The molecule has 156 valence electrons. The predicted octanol–water partition coefficient (Wildman–Crippen LogP) is 4.98. The van der Waals surface area contributed by atoms with Gasteiger partial charge in [-0.25, -0.2) is 0 Å². The quantitative estimate of drug-likeness (QED) is 0.313. The summed E-state index contributed by atoms with van der Waals surface area (Å²) < 4.78 is 17.9. The summed E-state index contributed by atoms with van der Waals surface area (Å²) in [7, 11) is -3.56. The molecule has 0 saturated heterocycles. The van der Waals surface area contributed by atoms with Gasteiger partial charge in [0.1, 0.15) is 0 Å². The molecule has 0 heterocycles. The van der Waals surface area contributed by atoms with Crippen LogP contribution >= 0.6 is 0 Å². The summed E-state index contributed by atoms with van der Waals surface area (Å²) in [6.07, 6.45) is 0. The van der Waals surface area contributed by atoms with Crippen molar-refractivity contribution in [3.8, 4) is 0 Å². The molecule has 0 aliphatic heterocycles. The van der Waals surface area contributed by atoms with Crippen LogP contribution in [0.4, 0.5) is 0 Å². The van der Waals surface area contributed by atoms with Crippen LogP contribution < -0.4 is 5.19 Å². The fourth-order valence-electron chi connectivity index (χ4n) is 1.56. The summed E-state index contributed by atoms with van der Waals surface area (Å²) in [4.78, 5) is 0. The highest BCUT2D eigenvalue weighted by atomic mass is 28.4. The van der Waals surface area contributed by atoms with Gasteiger partial charge >= 0.3 is 8.80 Å². The van der Waals surface area contributed by atoms with E-state index >= 15 is 0 Å². The normalized spacial score (nSPS) is 15.8. The molecule has 0 atom stereocenters. The van der Waals surface area contributed by atoms with Gasteiger partial charge in [0.05, 0.1) is 22.3 Å². The first-order valence-corrected chi connectivity index (χ1v) is 11.5. The Bertz CT molecular complexity index is 634. The molecule has 0 radical (unpaired) electrons. The molecule has 0 aromatic heterocycles. The number of oxime groups is 3. The molecule has 0 bridgehead atoms. The highest BCUT2D eigenvalue weighted by Crippen LogP contribution is 2.16. The standard InChI is InChI=1S/C21H35N3O3Si/c1-15(2)18(7)22-25-28(21-13-11-10-12-14-21,26-23-19(8)16(3)4)27-24-20(9)17(5)6/h10-17H,1-9H3. The number of benzene rings is 1. The molecule has 6 nitrogen and oxygen atoms in total. The van der Waals surface area contributed by atoms with E-state index in [9.17, 15) is 0 Å². The summed E-state index contributed by atoms with van der Waals surface area (Å²) >= 11 is 0. The number of hydrogen-bond acceptors (Lipinski definition) is 6. The van der Waals surface area contributed by atoms with Crippen molar-refractivity contribution in [1.29, 1.82) is 0 Å². The van der Waals surface area contributed by atoms with E-state index in [0.29, 0.717) is 0 Å². The third-order valence-corrected chi connectivity index (χ3v) is 6.60. The lowest BCUT2D eigenvalue weighted by molar-refractivity contribution is 0.0793. The van der Waals surface area contributed by atoms with Gasteiger partial charge in [-0.3, -0.25) is 0 Å². The maximum Gasteiger partial charge on any atom is 0.800 e. The van der Waals surface area contributed by atoms with Crippen molar-refractivity contribution in [2.75, 3.05) is 0 Å². The Morgan fingerprint density at radius 3 is 1.25 bits per heavy atom. The third kappa shape index (κ3) is 7.11. The molecule has 0 aliphatic carbocycles. The zero-order valence-electron chi connectivity index (χ0n) is 18.7. The minimum Gasteiger partial charge on any atom is -0.370 e. The summed E-state index contributed by atoms with van der Waals surface area (Å²) in [5, 5.41) is 13.7. The van der Waals surface area contributed by atoms with Crippen molar-refractivity contribution >= 4 is 31.1 Å². The molecular weight excluding hydrogens is 370 g/mol. The lowest BCUT2D eigenvalue weighted by Crippen LogP contribution is -2.54. The lowest BCUT2D eigenvalue weighted by atomic mass is 10.1. The van der Waals surface area contributed by atoms with Gasteiger partial charge in [-0.15, -0.1) is 15.5 Å². The topological polar surface area (TPSA) is 64.8 Å². The van der Waals surface area contributed by atoms with E-state index in [0.717, 1.165) is 22.3 Å².